The number of hydrogen-bond donors (Lipinski definition) is 0. The van der Waals surface area contributed by atoms with Gasteiger partial charge in [-0.25, -0.2) is 0 Å². The lowest BCUT2D eigenvalue weighted by atomic mass is 9.59. The molecule has 3 saturated carbocycles. The Morgan fingerprint density at radius 2 is 2.08 bits per heavy atom. The number of ketones is 1. The number of fused-ring (bicyclic) bond motifs is 3. The molecule has 13 heavy (non-hydrogen) atoms. The van der Waals surface area contributed by atoms with Gasteiger partial charge in [-0.15, -0.1) is 0 Å². The van der Waals surface area contributed by atoms with Crippen LogP contribution >= 0.6 is 0 Å². The minimum absolute atomic E-state index is 0.437. The molecule has 0 saturated heterocycles. The number of hydrogen-bond acceptors (Lipinski definition) is 1. The maximum Gasteiger partial charge on any atom is 0.140 e. The number of carbonyl (C=O) groups excluding carboxylic acids is 1. The standard InChI is InChI=1S/C12H18O/c1-7-3-4-8-10(7)11(13)9-5-6-12(8,9)2/h7-10H,3-6H2,1-2H3/t7-,8+,9+,10-,12-/m1/s1. The van der Waals surface area contributed by atoms with E-state index >= 15 is 0 Å². The third kappa shape index (κ3) is 0.730. The van der Waals surface area contributed by atoms with E-state index in [1.54, 1.807) is 0 Å². The smallest absolute Gasteiger partial charge is 0.140 e. The van der Waals surface area contributed by atoms with Gasteiger partial charge in [0, 0.05) is 11.8 Å². The summed E-state index contributed by atoms with van der Waals surface area (Å²) in [6.45, 7) is 4.64. The van der Waals surface area contributed by atoms with Crippen LogP contribution in [0.4, 0.5) is 0 Å². The molecule has 0 aromatic rings. The Morgan fingerprint density at radius 3 is 2.69 bits per heavy atom. The molecule has 0 radical (unpaired) electrons. The summed E-state index contributed by atoms with van der Waals surface area (Å²) in [5.74, 6) is 2.99. The lowest BCUT2D eigenvalue weighted by Crippen LogP contribution is -2.39. The van der Waals surface area contributed by atoms with E-state index < -0.39 is 0 Å². The normalized spacial score (nSPS) is 58.8. The van der Waals surface area contributed by atoms with Gasteiger partial charge in [-0.3, -0.25) is 4.79 Å². The summed E-state index contributed by atoms with van der Waals surface area (Å²) in [6, 6.07) is 0. The SMILES string of the molecule is C[C@@H]1CC[C@H]2[C@@H]1C(=O)[C@@H]1CC[C@@]12C. The summed E-state index contributed by atoms with van der Waals surface area (Å²) in [4.78, 5) is 12.1. The van der Waals surface area contributed by atoms with Gasteiger partial charge in [-0.1, -0.05) is 13.8 Å². The fourth-order valence-corrected chi connectivity index (χ4v) is 4.30. The molecule has 0 aromatic carbocycles. The van der Waals surface area contributed by atoms with Gasteiger partial charge in [0.25, 0.3) is 0 Å². The summed E-state index contributed by atoms with van der Waals surface area (Å²) in [7, 11) is 0. The quantitative estimate of drug-likeness (QED) is 0.557. The van der Waals surface area contributed by atoms with Gasteiger partial charge >= 0.3 is 0 Å². The molecule has 0 amide bonds. The molecule has 0 N–H and O–H groups in total. The van der Waals surface area contributed by atoms with Crippen molar-refractivity contribution in [3.63, 3.8) is 0 Å². The van der Waals surface area contributed by atoms with Crippen LogP contribution in [0.25, 0.3) is 0 Å². The first-order valence-corrected chi connectivity index (χ1v) is 5.68. The molecule has 72 valence electrons. The summed E-state index contributed by atoms with van der Waals surface area (Å²) in [5.41, 5.74) is 0.437. The molecule has 0 spiro atoms. The molecule has 1 nitrogen and oxygen atoms in total. The maximum absolute atomic E-state index is 12.1. The molecule has 0 unspecified atom stereocenters. The van der Waals surface area contributed by atoms with Crippen LogP contribution in [0.1, 0.15) is 39.5 Å². The van der Waals surface area contributed by atoms with Gasteiger partial charge in [0.2, 0.25) is 0 Å². The van der Waals surface area contributed by atoms with E-state index in [1.807, 2.05) is 0 Å². The van der Waals surface area contributed by atoms with Crippen LogP contribution in [0.15, 0.2) is 0 Å². The molecule has 0 bridgehead atoms. The molecule has 0 aliphatic heterocycles. The zero-order chi connectivity index (χ0) is 9.22. The molecule has 1 heteroatoms. The molecular weight excluding hydrogens is 160 g/mol. The summed E-state index contributed by atoms with van der Waals surface area (Å²) in [6.07, 6.45) is 5.13. The van der Waals surface area contributed by atoms with Crippen molar-refractivity contribution in [3.8, 4) is 0 Å². The molecule has 3 rings (SSSR count). The van der Waals surface area contributed by atoms with Crippen LogP contribution in [0, 0.1) is 29.1 Å². The summed E-state index contributed by atoms with van der Waals surface area (Å²) < 4.78 is 0. The van der Waals surface area contributed by atoms with Crippen molar-refractivity contribution in [2.75, 3.05) is 0 Å². The van der Waals surface area contributed by atoms with E-state index in [0.717, 1.165) is 5.92 Å². The van der Waals surface area contributed by atoms with Gasteiger partial charge in [-0.05, 0) is 42.9 Å². The van der Waals surface area contributed by atoms with Gasteiger partial charge in [0.05, 0.1) is 0 Å². The zero-order valence-corrected chi connectivity index (χ0v) is 8.55. The minimum Gasteiger partial charge on any atom is -0.299 e. The highest BCUT2D eigenvalue weighted by molar-refractivity contribution is 5.89. The highest BCUT2D eigenvalue weighted by Gasteiger charge is 2.64. The van der Waals surface area contributed by atoms with Crippen molar-refractivity contribution >= 4 is 5.78 Å². The average Bonchev–Trinajstić information content (AvgIpc) is 2.48. The molecule has 0 heterocycles. The fourth-order valence-electron chi connectivity index (χ4n) is 4.30. The predicted octanol–water partition coefficient (Wildman–Crippen LogP) is 2.65. The largest absolute Gasteiger partial charge is 0.299 e. The second-order valence-electron chi connectivity index (χ2n) is 5.69. The molecule has 3 aliphatic carbocycles. The monoisotopic (exact) mass is 178 g/mol. The van der Waals surface area contributed by atoms with Crippen molar-refractivity contribution < 1.29 is 4.79 Å². The molecule has 0 aromatic heterocycles. The van der Waals surface area contributed by atoms with E-state index in [2.05, 4.69) is 13.8 Å². The van der Waals surface area contributed by atoms with Gasteiger partial charge in [-0.2, -0.15) is 0 Å². The van der Waals surface area contributed by atoms with Crippen LogP contribution in [0.2, 0.25) is 0 Å². The lowest BCUT2D eigenvalue weighted by molar-refractivity contribution is -0.129. The first-order chi connectivity index (χ1) is 6.14. The van der Waals surface area contributed by atoms with Crippen molar-refractivity contribution in [1.29, 1.82) is 0 Å². The van der Waals surface area contributed by atoms with Crippen LogP contribution in [0.3, 0.4) is 0 Å². The van der Waals surface area contributed by atoms with E-state index in [4.69, 9.17) is 0 Å². The van der Waals surface area contributed by atoms with Crippen molar-refractivity contribution in [2.45, 2.75) is 39.5 Å². The van der Waals surface area contributed by atoms with Crippen molar-refractivity contribution in [2.24, 2.45) is 29.1 Å². The molecule has 3 fully saturated rings. The van der Waals surface area contributed by atoms with E-state index in [1.165, 1.54) is 25.7 Å². The number of rotatable bonds is 0. The Balaban J connectivity index is 2.01. The highest BCUT2D eigenvalue weighted by atomic mass is 16.1. The van der Waals surface area contributed by atoms with Gasteiger partial charge < -0.3 is 0 Å². The van der Waals surface area contributed by atoms with E-state index in [9.17, 15) is 4.79 Å². The van der Waals surface area contributed by atoms with Crippen molar-refractivity contribution in [1.82, 2.24) is 0 Å². The Labute approximate surface area is 79.9 Å². The highest BCUT2D eigenvalue weighted by Crippen LogP contribution is 2.66. The van der Waals surface area contributed by atoms with Crippen LogP contribution in [-0.2, 0) is 4.79 Å². The summed E-state index contributed by atoms with van der Waals surface area (Å²) in [5, 5.41) is 0. The van der Waals surface area contributed by atoms with Gasteiger partial charge in [0.1, 0.15) is 5.78 Å². The Morgan fingerprint density at radius 1 is 1.31 bits per heavy atom. The second kappa shape index (κ2) is 2.18. The number of carbonyl (C=O) groups is 1. The predicted molar refractivity (Wildman–Crippen MR) is 51.2 cm³/mol. The van der Waals surface area contributed by atoms with Crippen LogP contribution in [0.5, 0.6) is 0 Å². The Kier molecular flexibility index (Phi) is 1.35. The zero-order valence-electron chi connectivity index (χ0n) is 8.55. The van der Waals surface area contributed by atoms with E-state index in [-0.39, 0.29) is 0 Å². The molecule has 3 aliphatic rings. The molecular formula is C12H18O. The third-order valence-electron chi connectivity index (χ3n) is 5.27. The Bertz CT molecular complexity index is 270. The topological polar surface area (TPSA) is 17.1 Å². The summed E-state index contributed by atoms with van der Waals surface area (Å²) >= 11 is 0. The minimum atomic E-state index is 0.437. The first-order valence-electron chi connectivity index (χ1n) is 5.68. The Hall–Kier alpha value is -0.330. The van der Waals surface area contributed by atoms with E-state index in [0.29, 0.717) is 29.0 Å². The van der Waals surface area contributed by atoms with Crippen molar-refractivity contribution in [3.05, 3.63) is 0 Å². The van der Waals surface area contributed by atoms with Crippen LogP contribution in [-0.4, -0.2) is 5.78 Å². The first kappa shape index (κ1) is 8.02. The second-order valence-corrected chi connectivity index (χ2v) is 5.69. The lowest BCUT2D eigenvalue weighted by Gasteiger charge is -2.44. The average molecular weight is 178 g/mol. The van der Waals surface area contributed by atoms with Crippen LogP contribution < -0.4 is 0 Å². The van der Waals surface area contributed by atoms with Gasteiger partial charge in [0.15, 0.2) is 0 Å². The maximum atomic E-state index is 12.1. The third-order valence-corrected chi connectivity index (χ3v) is 5.27. The molecule has 5 atom stereocenters. The number of Topliss-reactive ketones (excluding diaryl/α,β-unsaturated/α-hetero) is 1. The fraction of sp³-hybridized carbons (Fsp3) is 0.917.